The molecule has 0 atom stereocenters. The number of carbonyl (C=O) groups is 2. The van der Waals surface area contributed by atoms with Crippen molar-refractivity contribution < 1.29 is 14.3 Å². The van der Waals surface area contributed by atoms with Crippen molar-refractivity contribution in [1.29, 1.82) is 0 Å². The number of amides is 1. The predicted octanol–water partition coefficient (Wildman–Crippen LogP) is 3.73. The minimum absolute atomic E-state index is 0.392. The molecule has 0 spiro atoms. The van der Waals surface area contributed by atoms with Gasteiger partial charge < -0.3 is 9.64 Å². The summed E-state index contributed by atoms with van der Waals surface area (Å²) < 4.78 is 5.62. The monoisotopic (exact) mass is 329 g/mol. The smallest absolute Gasteiger partial charge is 0.299 e. The van der Waals surface area contributed by atoms with Crippen molar-refractivity contribution in [3.05, 3.63) is 59.1 Å². The highest BCUT2D eigenvalue weighted by Gasteiger charge is 2.36. The van der Waals surface area contributed by atoms with Crippen LogP contribution in [0, 0.1) is 0 Å². The lowest BCUT2D eigenvalue weighted by atomic mass is 10.1. The van der Waals surface area contributed by atoms with Crippen molar-refractivity contribution in [3.63, 3.8) is 0 Å². The average Bonchev–Trinajstić information content (AvgIpc) is 2.82. The molecule has 3 rings (SSSR count). The lowest BCUT2D eigenvalue weighted by molar-refractivity contribution is -0.114. The molecule has 0 radical (unpaired) electrons. The molecule has 0 saturated heterocycles. The largest absolute Gasteiger partial charge is 0.494 e. The van der Waals surface area contributed by atoms with Gasteiger partial charge in [0.2, 0.25) is 0 Å². The summed E-state index contributed by atoms with van der Waals surface area (Å²) in [6.45, 7) is 1.02. The van der Waals surface area contributed by atoms with Crippen molar-refractivity contribution in [2.45, 2.75) is 12.8 Å². The molecule has 4 nitrogen and oxygen atoms in total. The van der Waals surface area contributed by atoms with Crippen molar-refractivity contribution in [2.24, 2.45) is 0 Å². The van der Waals surface area contributed by atoms with E-state index in [0.29, 0.717) is 29.4 Å². The minimum Gasteiger partial charge on any atom is -0.494 e. The fourth-order valence-corrected chi connectivity index (χ4v) is 2.88. The van der Waals surface area contributed by atoms with Gasteiger partial charge in [-0.05, 0) is 37.1 Å². The third kappa shape index (κ3) is 3.22. The number of ketones is 1. The first-order valence-electron chi connectivity index (χ1n) is 7.51. The summed E-state index contributed by atoms with van der Waals surface area (Å²) in [4.78, 5) is 25.5. The van der Waals surface area contributed by atoms with E-state index in [0.717, 1.165) is 18.6 Å². The van der Waals surface area contributed by atoms with Gasteiger partial charge in [-0.2, -0.15) is 0 Å². The number of nitrogens with zero attached hydrogens (tertiary/aromatic N) is 1. The summed E-state index contributed by atoms with van der Waals surface area (Å²) in [7, 11) is 0. The zero-order valence-electron chi connectivity index (χ0n) is 12.5. The van der Waals surface area contributed by atoms with Gasteiger partial charge in [-0.3, -0.25) is 9.59 Å². The highest BCUT2D eigenvalue weighted by atomic mass is 35.5. The minimum atomic E-state index is -0.503. The molecule has 2 aromatic carbocycles. The molecule has 1 aliphatic heterocycles. The Kier molecular flexibility index (Phi) is 4.63. The molecule has 1 aliphatic rings. The molecule has 118 valence electrons. The SMILES string of the molecule is O=C1C(=O)N(CCCCOc2ccccc2)c2c(Cl)cccc21. The van der Waals surface area contributed by atoms with Gasteiger partial charge in [0, 0.05) is 6.54 Å². The number of para-hydroxylation sites is 2. The van der Waals surface area contributed by atoms with Gasteiger partial charge in [-0.15, -0.1) is 0 Å². The maximum absolute atomic E-state index is 12.1. The van der Waals surface area contributed by atoms with Crippen LogP contribution in [0.1, 0.15) is 23.2 Å². The van der Waals surface area contributed by atoms with Gasteiger partial charge in [-0.1, -0.05) is 35.9 Å². The van der Waals surface area contributed by atoms with Gasteiger partial charge in [-0.25, -0.2) is 0 Å². The number of hydrogen-bond acceptors (Lipinski definition) is 3. The van der Waals surface area contributed by atoms with Gasteiger partial charge in [0.1, 0.15) is 5.75 Å². The van der Waals surface area contributed by atoms with Gasteiger partial charge in [0.05, 0.1) is 22.9 Å². The molecule has 1 amide bonds. The van der Waals surface area contributed by atoms with Crippen molar-refractivity contribution in [3.8, 4) is 5.75 Å². The lowest BCUT2D eigenvalue weighted by Crippen LogP contribution is -2.31. The van der Waals surface area contributed by atoms with Gasteiger partial charge in [0.25, 0.3) is 11.7 Å². The molecule has 23 heavy (non-hydrogen) atoms. The number of fused-ring (bicyclic) bond motifs is 1. The Morgan fingerprint density at radius 2 is 1.74 bits per heavy atom. The predicted molar refractivity (Wildman–Crippen MR) is 89.3 cm³/mol. The molecule has 0 N–H and O–H groups in total. The fraction of sp³-hybridized carbons (Fsp3) is 0.222. The number of anilines is 1. The van der Waals surface area contributed by atoms with Crippen molar-refractivity contribution >= 4 is 29.0 Å². The van der Waals surface area contributed by atoms with Crippen LogP contribution < -0.4 is 9.64 Å². The lowest BCUT2D eigenvalue weighted by Gasteiger charge is -2.17. The van der Waals surface area contributed by atoms with Crippen LogP contribution in [0.2, 0.25) is 5.02 Å². The molecular formula is C18H16ClNO3. The first kappa shape index (κ1) is 15.6. The van der Waals surface area contributed by atoms with E-state index < -0.39 is 11.7 Å². The van der Waals surface area contributed by atoms with E-state index in [2.05, 4.69) is 0 Å². The molecule has 1 heterocycles. The van der Waals surface area contributed by atoms with Gasteiger partial charge >= 0.3 is 0 Å². The fourth-order valence-electron chi connectivity index (χ4n) is 2.60. The molecule has 0 bridgehead atoms. The zero-order chi connectivity index (χ0) is 16.2. The molecule has 0 unspecified atom stereocenters. The molecule has 2 aromatic rings. The number of Topliss-reactive ketones (excluding diaryl/α,β-unsaturated/α-hetero) is 1. The Morgan fingerprint density at radius 3 is 2.52 bits per heavy atom. The average molecular weight is 330 g/mol. The first-order chi connectivity index (χ1) is 11.2. The zero-order valence-corrected chi connectivity index (χ0v) is 13.3. The highest BCUT2D eigenvalue weighted by molar-refractivity contribution is 6.54. The van der Waals surface area contributed by atoms with Crippen molar-refractivity contribution in [1.82, 2.24) is 0 Å². The molecule has 0 aliphatic carbocycles. The second-order valence-corrected chi connectivity index (χ2v) is 5.70. The van der Waals surface area contributed by atoms with Gasteiger partial charge in [0.15, 0.2) is 0 Å². The van der Waals surface area contributed by atoms with Crippen LogP contribution in [0.4, 0.5) is 5.69 Å². The van der Waals surface area contributed by atoms with Crippen LogP contribution in [-0.2, 0) is 4.79 Å². The van der Waals surface area contributed by atoms with Crippen LogP contribution >= 0.6 is 11.6 Å². The third-order valence-corrected chi connectivity index (χ3v) is 4.03. The Bertz CT molecular complexity index is 730. The van der Waals surface area contributed by atoms with Crippen LogP contribution in [0.3, 0.4) is 0 Å². The number of benzene rings is 2. The Morgan fingerprint density at radius 1 is 0.957 bits per heavy atom. The summed E-state index contributed by atoms with van der Waals surface area (Å²) in [5.74, 6) is -0.159. The van der Waals surface area contributed by atoms with Crippen LogP contribution in [-0.4, -0.2) is 24.8 Å². The normalized spacial score (nSPS) is 13.3. The summed E-state index contributed by atoms with van der Waals surface area (Å²) in [5.41, 5.74) is 0.927. The molecule has 5 heteroatoms. The Balaban J connectivity index is 1.55. The third-order valence-electron chi connectivity index (χ3n) is 3.73. The molecule has 0 saturated carbocycles. The summed E-state index contributed by atoms with van der Waals surface area (Å²) >= 11 is 6.14. The number of unbranched alkanes of at least 4 members (excludes halogenated alkanes) is 1. The maximum atomic E-state index is 12.1. The quantitative estimate of drug-likeness (QED) is 0.599. The van der Waals surface area contributed by atoms with E-state index in [1.54, 1.807) is 18.2 Å². The summed E-state index contributed by atoms with van der Waals surface area (Å²) in [6, 6.07) is 14.6. The number of carbonyl (C=O) groups excluding carboxylic acids is 2. The maximum Gasteiger partial charge on any atom is 0.299 e. The summed E-state index contributed by atoms with van der Waals surface area (Å²) in [6.07, 6.45) is 1.52. The van der Waals surface area contributed by atoms with E-state index in [1.807, 2.05) is 30.3 Å². The van der Waals surface area contributed by atoms with E-state index in [9.17, 15) is 9.59 Å². The molecule has 0 fully saturated rings. The second kappa shape index (κ2) is 6.84. The molecule has 0 aromatic heterocycles. The highest BCUT2D eigenvalue weighted by Crippen LogP contribution is 2.35. The van der Waals surface area contributed by atoms with E-state index in [4.69, 9.17) is 16.3 Å². The Labute approximate surface area is 139 Å². The van der Waals surface area contributed by atoms with E-state index >= 15 is 0 Å². The number of halogens is 1. The topological polar surface area (TPSA) is 46.6 Å². The Hall–Kier alpha value is -2.33. The number of hydrogen-bond donors (Lipinski definition) is 0. The van der Waals surface area contributed by atoms with Crippen LogP contribution in [0.15, 0.2) is 48.5 Å². The molecular weight excluding hydrogens is 314 g/mol. The number of ether oxygens (including phenoxy) is 1. The van der Waals surface area contributed by atoms with E-state index in [1.165, 1.54) is 4.90 Å². The first-order valence-corrected chi connectivity index (χ1v) is 7.89. The van der Waals surface area contributed by atoms with Crippen LogP contribution in [0.5, 0.6) is 5.75 Å². The second-order valence-electron chi connectivity index (χ2n) is 5.29. The summed E-state index contributed by atoms with van der Waals surface area (Å²) in [5, 5.41) is 0.433. The number of rotatable bonds is 6. The van der Waals surface area contributed by atoms with Crippen molar-refractivity contribution in [2.75, 3.05) is 18.1 Å². The van der Waals surface area contributed by atoms with Crippen LogP contribution in [0.25, 0.3) is 0 Å². The standard InChI is InChI=1S/C18H16ClNO3/c19-15-10-6-9-14-16(15)20(18(22)17(14)21)11-4-5-12-23-13-7-2-1-3-8-13/h1-3,6-10H,4-5,11-12H2. The van der Waals surface area contributed by atoms with E-state index in [-0.39, 0.29) is 0 Å².